The van der Waals surface area contributed by atoms with Crippen molar-refractivity contribution in [2.24, 2.45) is 0 Å². The van der Waals surface area contributed by atoms with Crippen LogP contribution in [0.15, 0.2) is 18.2 Å². The van der Waals surface area contributed by atoms with Crippen LogP contribution in [0.5, 0.6) is 0 Å². The van der Waals surface area contributed by atoms with Gasteiger partial charge in [0.25, 0.3) is 0 Å². The Kier molecular flexibility index (Phi) is 3.06. The van der Waals surface area contributed by atoms with Crippen LogP contribution in [0.25, 0.3) is 0 Å². The second-order valence-electron chi connectivity index (χ2n) is 3.48. The lowest BCUT2D eigenvalue weighted by atomic mass is 9.97. The first-order chi connectivity index (χ1) is 6.83. The van der Waals surface area contributed by atoms with Gasteiger partial charge in [0.2, 0.25) is 0 Å². The summed E-state index contributed by atoms with van der Waals surface area (Å²) < 4.78 is 5.68. The van der Waals surface area contributed by atoms with Crippen molar-refractivity contribution in [1.29, 1.82) is 0 Å². The molecule has 1 aromatic rings. The Balaban J connectivity index is 2.36. The van der Waals surface area contributed by atoms with Crippen LogP contribution in [-0.2, 0) is 11.2 Å². The summed E-state index contributed by atoms with van der Waals surface area (Å²) in [5, 5.41) is 3.94. The number of rotatable bonds is 2. The zero-order valence-corrected chi connectivity index (χ0v) is 8.97. The third-order valence-electron chi connectivity index (χ3n) is 2.55. The second-order valence-corrected chi connectivity index (χ2v) is 3.89. The van der Waals surface area contributed by atoms with E-state index >= 15 is 0 Å². The molecule has 0 spiro atoms. The highest BCUT2D eigenvalue weighted by molar-refractivity contribution is 6.31. The third kappa shape index (κ3) is 1.78. The van der Waals surface area contributed by atoms with Crippen molar-refractivity contribution in [3.63, 3.8) is 0 Å². The van der Waals surface area contributed by atoms with E-state index in [1.165, 1.54) is 5.56 Å². The Morgan fingerprint density at radius 2 is 2.43 bits per heavy atom. The normalized spacial score (nSPS) is 20.6. The Labute approximate surface area is 89.2 Å². The summed E-state index contributed by atoms with van der Waals surface area (Å²) in [7, 11) is 1.93. The molecule has 0 aromatic heterocycles. The van der Waals surface area contributed by atoms with Crippen molar-refractivity contribution >= 4 is 11.6 Å². The zero-order valence-electron chi connectivity index (χ0n) is 8.22. The monoisotopic (exact) mass is 211 g/mol. The van der Waals surface area contributed by atoms with E-state index in [1.54, 1.807) is 0 Å². The summed E-state index contributed by atoms with van der Waals surface area (Å²) in [5.41, 5.74) is 2.48. The standard InChI is InChI=1S/C11H14ClNO/c1-13-7-10-11-8(5-6-14-10)3-2-4-9(11)12/h2-4,10,13H,5-7H2,1H3. The van der Waals surface area contributed by atoms with E-state index in [0.29, 0.717) is 0 Å². The first-order valence-corrected chi connectivity index (χ1v) is 5.24. The Morgan fingerprint density at radius 1 is 1.57 bits per heavy atom. The average molecular weight is 212 g/mol. The number of halogens is 1. The molecule has 14 heavy (non-hydrogen) atoms. The van der Waals surface area contributed by atoms with E-state index < -0.39 is 0 Å². The molecule has 0 aliphatic carbocycles. The maximum absolute atomic E-state index is 6.16. The second kappa shape index (κ2) is 4.30. The summed E-state index contributed by atoms with van der Waals surface area (Å²) >= 11 is 6.16. The van der Waals surface area contributed by atoms with E-state index in [2.05, 4.69) is 11.4 Å². The molecule has 0 fully saturated rings. The summed E-state index contributed by atoms with van der Waals surface area (Å²) in [6.07, 6.45) is 1.08. The van der Waals surface area contributed by atoms with Crippen LogP contribution in [0.4, 0.5) is 0 Å². The van der Waals surface area contributed by atoms with Crippen molar-refractivity contribution in [2.75, 3.05) is 20.2 Å². The number of fused-ring (bicyclic) bond motifs is 1. The Morgan fingerprint density at radius 3 is 3.21 bits per heavy atom. The fourth-order valence-electron chi connectivity index (χ4n) is 1.90. The van der Waals surface area contributed by atoms with Gasteiger partial charge in [0, 0.05) is 17.1 Å². The molecule has 0 bridgehead atoms. The lowest BCUT2D eigenvalue weighted by molar-refractivity contribution is 0.0439. The van der Waals surface area contributed by atoms with Crippen molar-refractivity contribution in [3.05, 3.63) is 34.3 Å². The lowest BCUT2D eigenvalue weighted by Crippen LogP contribution is -2.25. The highest BCUT2D eigenvalue weighted by atomic mass is 35.5. The molecular formula is C11H14ClNO. The van der Waals surface area contributed by atoms with Gasteiger partial charge in [-0.15, -0.1) is 0 Å². The van der Waals surface area contributed by atoms with Crippen LogP contribution in [0.1, 0.15) is 17.2 Å². The van der Waals surface area contributed by atoms with E-state index in [9.17, 15) is 0 Å². The largest absolute Gasteiger partial charge is 0.372 e. The molecule has 1 heterocycles. The summed E-state index contributed by atoms with van der Waals surface area (Å²) in [4.78, 5) is 0. The van der Waals surface area contributed by atoms with Gasteiger partial charge in [0.05, 0.1) is 12.7 Å². The minimum absolute atomic E-state index is 0.109. The minimum atomic E-state index is 0.109. The minimum Gasteiger partial charge on any atom is -0.372 e. The van der Waals surface area contributed by atoms with Gasteiger partial charge >= 0.3 is 0 Å². The molecule has 76 valence electrons. The van der Waals surface area contributed by atoms with E-state index in [4.69, 9.17) is 16.3 Å². The van der Waals surface area contributed by atoms with E-state index in [-0.39, 0.29) is 6.10 Å². The first-order valence-electron chi connectivity index (χ1n) is 4.86. The molecule has 1 aliphatic rings. The quantitative estimate of drug-likeness (QED) is 0.810. The SMILES string of the molecule is CNCC1OCCc2cccc(Cl)c21. The molecule has 3 heteroatoms. The smallest absolute Gasteiger partial charge is 0.0966 e. The molecule has 0 saturated heterocycles. The first kappa shape index (κ1) is 9.97. The van der Waals surface area contributed by atoms with Gasteiger partial charge in [0.15, 0.2) is 0 Å². The van der Waals surface area contributed by atoms with Gasteiger partial charge in [-0.05, 0) is 25.1 Å². The van der Waals surface area contributed by atoms with Crippen molar-refractivity contribution in [3.8, 4) is 0 Å². The maximum Gasteiger partial charge on any atom is 0.0966 e. The van der Waals surface area contributed by atoms with E-state index in [1.807, 2.05) is 19.2 Å². The van der Waals surface area contributed by atoms with Crippen LogP contribution >= 0.6 is 11.6 Å². The average Bonchev–Trinajstić information content (AvgIpc) is 2.19. The number of hydrogen-bond donors (Lipinski definition) is 1. The zero-order chi connectivity index (χ0) is 9.97. The Bertz CT molecular complexity index is 327. The van der Waals surface area contributed by atoms with Crippen molar-refractivity contribution in [1.82, 2.24) is 5.32 Å². The highest BCUT2D eigenvalue weighted by Gasteiger charge is 2.22. The lowest BCUT2D eigenvalue weighted by Gasteiger charge is -2.26. The molecule has 1 N–H and O–H groups in total. The van der Waals surface area contributed by atoms with Gasteiger partial charge in [-0.1, -0.05) is 23.7 Å². The molecule has 2 rings (SSSR count). The van der Waals surface area contributed by atoms with Gasteiger partial charge in [-0.2, -0.15) is 0 Å². The molecule has 1 atom stereocenters. The van der Waals surface area contributed by atoms with Crippen LogP contribution in [0, 0.1) is 0 Å². The number of hydrogen-bond acceptors (Lipinski definition) is 2. The molecule has 0 saturated carbocycles. The summed E-state index contributed by atoms with van der Waals surface area (Å²) in [6.45, 7) is 1.61. The van der Waals surface area contributed by atoms with Crippen molar-refractivity contribution in [2.45, 2.75) is 12.5 Å². The van der Waals surface area contributed by atoms with Gasteiger partial charge in [-0.25, -0.2) is 0 Å². The van der Waals surface area contributed by atoms with E-state index in [0.717, 1.165) is 30.2 Å². The van der Waals surface area contributed by atoms with Gasteiger partial charge < -0.3 is 10.1 Å². The van der Waals surface area contributed by atoms with Gasteiger partial charge in [-0.3, -0.25) is 0 Å². The fourth-order valence-corrected chi connectivity index (χ4v) is 2.22. The number of likely N-dealkylation sites (N-methyl/N-ethyl adjacent to an activating group) is 1. The molecule has 0 amide bonds. The topological polar surface area (TPSA) is 21.3 Å². The molecule has 1 aromatic carbocycles. The number of nitrogens with one attached hydrogen (secondary N) is 1. The molecule has 1 aliphatic heterocycles. The molecule has 2 nitrogen and oxygen atoms in total. The van der Waals surface area contributed by atoms with Gasteiger partial charge in [0.1, 0.15) is 0 Å². The summed E-state index contributed by atoms with van der Waals surface area (Å²) in [6, 6.07) is 6.06. The number of benzene rings is 1. The predicted octanol–water partition coefficient (Wildman–Crippen LogP) is 2.17. The highest BCUT2D eigenvalue weighted by Crippen LogP contribution is 2.32. The maximum atomic E-state index is 6.16. The fraction of sp³-hybridized carbons (Fsp3) is 0.455. The number of ether oxygens (including phenoxy) is 1. The van der Waals surface area contributed by atoms with Crippen LogP contribution in [0.2, 0.25) is 5.02 Å². The Hall–Kier alpha value is -0.570. The van der Waals surface area contributed by atoms with Crippen molar-refractivity contribution < 1.29 is 4.74 Å². The molecule has 0 radical (unpaired) electrons. The van der Waals surface area contributed by atoms with Crippen LogP contribution < -0.4 is 5.32 Å². The predicted molar refractivity (Wildman–Crippen MR) is 57.8 cm³/mol. The van der Waals surface area contributed by atoms with Crippen LogP contribution in [0.3, 0.4) is 0 Å². The molecular weight excluding hydrogens is 198 g/mol. The van der Waals surface area contributed by atoms with Crippen LogP contribution in [-0.4, -0.2) is 20.2 Å². The third-order valence-corrected chi connectivity index (χ3v) is 2.87. The summed E-state index contributed by atoms with van der Waals surface area (Å²) in [5.74, 6) is 0. The molecule has 1 unspecified atom stereocenters.